The van der Waals surface area contributed by atoms with E-state index in [0.29, 0.717) is 15.6 Å². The highest BCUT2D eigenvalue weighted by Crippen LogP contribution is 2.29. The molecule has 1 heterocycles. The number of hydrogen-bond acceptors (Lipinski definition) is 4. The normalized spacial score (nSPS) is 10.7. The number of amides is 1. The van der Waals surface area contributed by atoms with Gasteiger partial charge in [0.1, 0.15) is 5.75 Å². The number of nitrogens with zero attached hydrogens (tertiary/aromatic N) is 2. The predicted octanol–water partition coefficient (Wildman–Crippen LogP) is 3.08. The Bertz CT molecular complexity index is 660. The first-order valence-electron chi connectivity index (χ1n) is 5.49. The third-order valence-corrected chi connectivity index (χ3v) is 3.70. The molecule has 0 radical (unpaired) electrons. The molecule has 1 aromatic heterocycles. The number of benzene rings is 1. The summed E-state index contributed by atoms with van der Waals surface area (Å²) in [5.41, 5.74) is 3.50. The average molecular weight is 399 g/mol. The molecule has 1 aromatic carbocycles. The van der Waals surface area contributed by atoms with E-state index >= 15 is 0 Å². The van der Waals surface area contributed by atoms with Crippen LogP contribution in [0.25, 0.3) is 0 Å². The van der Waals surface area contributed by atoms with Crippen LogP contribution in [0.3, 0.4) is 0 Å². The van der Waals surface area contributed by atoms with Gasteiger partial charge in [0, 0.05) is 28.0 Å². The number of phenolic OH excluding ortho intramolecular Hbond substituents is 1. The van der Waals surface area contributed by atoms with Gasteiger partial charge in [0.25, 0.3) is 5.91 Å². The van der Waals surface area contributed by atoms with Crippen molar-refractivity contribution >= 4 is 44.0 Å². The van der Waals surface area contributed by atoms with Gasteiger partial charge in [0.05, 0.1) is 10.7 Å². The van der Waals surface area contributed by atoms with Crippen LogP contribution in [0.4, 0.5) is 0 Å². The second-order valence-electron chi connectivity index (χ2n) is 3.76. The Hall–Kier alpha value is -1.73. The molecule has 0 saturated heterocycles. The smallest absolute Gasteiger partial charge is 0.271 e. The first kappa shape index (κ1) is 14.7. The van der Waals surface area contributed by atoms with Crippen LogP contribution in [-0.4, -0.2) is 22.2 Å². The average Bonchev–Trinajstić information content (AvgIpc) is 2.45. The second-order valence-corrected chi connectivity index (χ2v) is 5.47. The number of rotatable bonds is 3. The highest BCUT2D eigenvalue weighted by molar-refractivity contribution is 9.11. The number of pyridine rings is 1. The van der Waals surface area contributed by atoms with Crippen LogP contribution in [0, 0.1) is 0 Å². The molecular weight excluding hydrogens is 390 g/mol. The Morgan fingerprint density at radius 2 is 1.95 bits per heavy atom. The molecule has 2 rings (SSSR count). The first-order valence-corrected chi connectivity index (χ1v) is 7.08. The highest BCUT2D eigenvalue weighted by Gasteiger charge is 2.05. The highest BCUT2D eigenvalue weighted by atomic mass is 79.9. The van der Waals surface area contributed by atoms with Gasteiger partial charge in [-0.15, -0.1) is 0 Å². The van der Waals surface area contributed by atoms with E-state index in [2.05, 4.69) is 47.4 Å². The van der Waals surface area contributed by atoms with Gasteiger partial charge in [0.15, 0.2) is 0 Å². The molecular formula is C13H9Br2N3O2. The van der Waals surface area contributed by atoms with Gasteiger partial charge < -0.3 is 5.11 Å². The molecule has 2 aromatic rings. The monoisotopic (exact) mass is 397 g/mol. The van der Waals surface area contributed by atoms with E-state index in [1.165, 1.54) is 24.7 Å². The summed E-state index contributed by atoms with van der Waals surface area (Å²) in [5.74, 6) is -0.240. The van der Waals surface area contributed by atoms with Crippen molar-refractivity contribution in [3.63, 3.8) is 0 Å². The molecule has 7 heteroatoms. The number of hydrazone groups is 1. The quantitative estimate of drug-likeness (QED) is 0.616. The third-order valence-electron chi connectivity index (χ3n) is 2.38. The van der Waals surface area contributed by atoms with E-state index < -0.39 is 0 Å². The van der Waals surface area contributed by atoms with Crippen molar-refractivity contribution in [2.75, 3.05) is 0 Å². The van der Waals surface area contributed by atoms with Crippen molar-refractivity contribution in [2.45, 2.75) is 0 Å². The number of aromatic hydroxyl groups is 1. The molecule has 0 fully saturated rings. The molecule has 0 spiro atoms. The second kappa shape index (κ2) is 6.62. The van der Waals surface area contributed by atoms with Crippen molar-refractivity contribution in [2.24, 2.45) is 5.10 Å². The van der Waals surface area contributed by atoms with Gasteiger partial charge >= 0.3 is 0 Å². The minimum absolute atomic E-state index is 0.0927. The van der Waals surface area contributed by atoms with Gasteiger partial charge in [0.2, 0.25) is 0 Å². The Kier molecular flexibility index (Phi) is 4.86. The van der Waals surface area contributed by atoms with E-state index in [1.807, 2.05) is 0 Å². The van der Waals surface area contributed by atoms with Crippen LogP contribution in [0.2, 0.25) is 0 Å². The topological polar surface area (TPSA) is 74.6 Å². The molecule has 5 nitrogen and oxygen atoms in total. The molecule has 20 heavy (non-hydrogen) atoms. The number of phenols is 1. The van der Waals surface area contributed by atoms with E-state index in [4.69, 9.17) is 0 Å². The van der Waals surface area contributed by atoms with Gasteiger partial charge in [-0.25, -0.2) is 5.43 Å². The van der Waals surface area contributed by atoms with Gasteiger partial charge in [-0.3, -0.25) is 9.78 Å². The lowest BCUT2D eigenvalue weighted by molar-refractivity contribution is 0.0955. The van der Waals surface area contributed by atoms with E-state index in [9.17, 15) is 9.90 Å². The summed E-state index contributed by atoms with van der Waals surface area (Å²) >= 11 is 6.54. The van der Waals surface area contributed by atoms with Crippen molar-refractivity contribution in [1.29, 1.82) is 0 Å². The lowest BCUT2D eigenvalue weighted by Crippen LogP contribution is -2.17. The minimum Gasteiger partial charge on any atom is -0.507 e. The number of hydrogen-bond donors (Lipinski definition) is 2. The molecule has 0 aliphatic rings. The fourth-order valence-electron chi connectivity index (χ4n) is 1.38. The number of carbonyl (C=O) groups is 1. The van der Waals surface area contributed by atoms with Crippen LogP contribution in [0.1, 0.15) is 15.9 Å². The maximum atomic E-state index is 11.7. The largest absolute Gasteiger partial charge is 0.507 e. The Morgan fingerprint density at radius 1 is 1.25 bits per heavy atom. The third kappa shape index (κ3) is 3.64. The van der Waals surface area contributed by atoms with E-state index in [0.717, 1.165) is 4.47 Å². The van der Waals surface area contributed by atoms with Gasteiger partial charge in [-0.2, -0.15) is 5.10 Å². The fraction of sp³-hybridized carbons (Fsp3) is 0. The van der Waals surface area contributed by atoms with Crippen molar-refractivity contribution < 1.29 is 9.90 Å². The minimum atomic E-state index is -0.332. The Morgan fingerprint density at radius 3 is 2.65 bits per heavy atom. The fourth-order valence-corrected chi connectivity index (χ4v) is 2.48. The maximum Gasteiger partial charge on any atom is 0.271 e. The first-order chi connectivity index (χ1) is 9.58. The Balaban J connectivity index is 2.08. The summed E-state index contributed by atoms with van der Waals surface area (Å²) in [5, 5.41) is 13.4. The van der Waals surface area contributed by atoms with Crippen LogP contribution in [0.15, 0.2) is 50.7 Å². The molecule has 2 N–H and O–H groups in total. The van der Waals surface area contributed by atoms with Crippen molar-refractivity contribution in [3.05, 3.63) is 56.7 Å². The summed E-state index contributed by atoms with van der Waals surface area (Å²) in [7, 11) is 0. The maximum absolute atomic E-state index is 11.7. The van der Waals surface area contributed by atoms with Crippen molar-refractivity contribution in [1.82, 2.24) is 10.4 Å². The molecule has 0 unspecified atom stereocenters. The summed E-state index contributed by atoms with van der Waals surface area (Å²) < 4.78 is 1.31. The molecule has 1 amide bonds. The Labute approximate surface area is 132 Å². The zero-order valence-corrected chi connectivity index (χ0v) is 13.2. The SMILES string of the molecule is O=C(NN=Cc1cc(O)c(Br)cc1Br)c1ccncc1. The molecule has 0 aliphatic heterocycles. The standard InChI is InChI=1S/C13H9Br2N3O2/c14-10-6-11(15)12(19)5-9(10)7-17-18-13(20)8-1-3-16-4-2-8/h1-7,19H,(H,18,20). The van der Waals surface area contributed by atoms with Gasteiger partial charge in [-0.1, -0.05) is 15.9 Å². The number of aromatic nitrogens is 1. The number of halogens is 2. The van der Waals surface area contributed by atoms with Crippen LogP contribution in [-0.2, 0) is 0 Å². The van der Waals surface area contributed by atoms with Crippen molar-refractivity contribution in [3.8, 4) is 5.75 Å². The summed E-state index contributed by atoms with van der Waals surface area (Å²) in [6.07, 6.45) is 4.50. The van der Waals surface area contributed by atoms with Crippen LogP contribution < -0.4 is 5.43 Å². The summed E-state index contributed by atoms with van der Waals surface area (Å²) in [6, 6.07) is 6.40. The lowest BCUT2D eigenvalue weighted by atomic mass is 10.2. The molecule has 0 saturated carbocycles. The summed E-state index contributed by atoms with van der Waals surface area (Å²) in [4.78, 5) is 15.5. The molecule has 0 bridgehead atoms. The van der Waals surface area contributed by atoms with Crippen LogP contribution in [0.5, 0.6) is 5.75 Å². The van der Waals surface area contributed by atoms with Gasteiger partial charge in [-0.05, 0) is 40.2 Å². The zero-order valence-electron chi connectivity index (χ0n) is 10.0. The lowest BCUT2D eigenvalue weighted by Gasteiger charge is -2.02. The molecule has 102 valence electrons. The molecule has 0 atom stereocenters. The zero-order chi connectivity index (χ0) is 14.5. The van der Waals surface area contributed by atoms with E-state index in [1.54, 1.807) is 18.2 Å². The number of carbonyl (C=O) groups excluding carboxylic acids is 1. The summed E-state index contributed by atoms with van der Waals surface area (Å²) in [6.45, 7) is 0. The van der Waals surface area contributed by atoms with E-state index in [-0.39, 0.29) is 11.7 Å². The number of nitrogens with one attached hydrogen (secondary N) is 1. The predicted molar refractivity (Wildman–Crippen MR) is 82.8 cm³/mol. The molecule has 0 aliphatic carbocycles. The van der Waals surface area contributed by atoms with Crippen LogP contribution >= 0.6 is 31.9 Å².